The molecule has 0 saturated carbocycles. The molecule has 2 saturated heterocycles. The number of methoxy groups -OCH3 is 1. The maximum absolute atomic E-state index is 6.07. The van der Waals surface area contributed by atoms with E-state index in [2.05, 4.69) is 19.9 Å². The van der Waals surface area contributed by atoms with Crippen LogP contribution < -0.4 is 14.4 Å². The molecule has 1 spiro atoms. The lowest BCUT2D eigenvalue weighted by Gasteiger charge is -2.50. The summed E-state index contributed by atoms with van der Waals surface area (Å²) in [5.41, 5.74) is -0.138. The molecule has 7 nitrogen and oxygen atoms in total. The van der Waals surface area contributed by atoms with Crippen LogP contribution in [0.1, 0.15) is 6.42 Å². The summed E-state index contributed by atoms with van der Waals surface area (Å²) in [7, 11) is 1.61. The molecule has 0 amide bonds. The van der Waals surface area contributed by atoms with E-state index in [-0.39, 0.29) is 5.60 Å². The van der Waals surface area contributed by atoms with Gasteiger partial charge in [-0.2, -0.15) is 0 Å². The number of aromatic nitrogens is 3. The van der Waals surface area contributed by atoms with E-state index in [1.165, 1.54) is 6.33 Å². The van der Waals surface area contributed by atoms with Gasteiger partial charge < -0.3 is 19.1 Å². The topological polar surface area (TPSA) is 69.6 Å². The van der Waals surface area contributed by atoms with Gasteiger partial charge in [0, 0.05) is 24.8 Å². The van der Waals surface area contributed by atoms with Gasteiger partial charge in [-0.3, -0.25) is 4.98 Å². The second-order valence-electron chi connectivity index (χ2n) is 6.17. The van der Waals surface area contributed by atoms with Gasteiger partial charge in [0.1, 0.15) is 23.5 Å². The Morgan fingerprint density at radius 2 is 2.29 bits per heavy atom. The number of rotatable bonds is 5. The Morgan fingerprint density at radius 1 is 1.38 bits per heavy atom. The Labute approximate surface area is 140 Å². The highest BCUT2D eigenvalue weighted by Crippen LogP contribution is 2.41. The molecule has 126 valence electrons. The van der Waals surface area contributed by atoms with Gasteiger partial charge in [-0.15, -0.1) is 0 Å². The van der Waals surface area contributed by atoms with Gasteiger partial charge in [-0.1, -0.05) is 0 Å². The van der Waals surface area contributed by atoms with E-state index >= 15 is 0 Å². The highest BCUT2D eigenvalue weighted by Gasteiger charge is 2.53. The predicted molar refractivity (Wildman–Crippen MR) is 87.3 cm³/mol. The van der Waals surface area contributed by atoms with E-state index in [0.29, 0.717) is 18.4 Å². The first-order valence-corrected chi connectivity index (χ1v) is 8.07. The molecule has 4 heterocycles. The average Bonchev–Trinajstić information content (AvgIpc) is 3.03. The Balaban J connectivity index is 1.39. The Bertz CT molecular complexity index is 691. The van der Waals surface area contributed by atoms with Gasteiger partial charge in [-0.05, 0) is 18.6 Å². The van der Waals surface area contributed by atoms with Crippen LogP contribution in [0.15, 0.2) is 36.9 Å². The fourth-order valence-electron chi connectivity index (χ4n) is 3.38. The van der Waals surface area contributed by atoms with E-state index < -0.39 is 0 Å². The van der Waals surface area contributed by atoms with Gasteiger partial charge in [0.15, 0.2) is 0 Å². The van der Waals surface area contributed by atoms with Crippen LogP contribution in [0.2, 0.25) is 0 Å². The molecule has 0 N–H and O–H groups in total. The summed E-state index contributed by atoms with van der Waals surface area (Å²) in [6.07, 6.45) is 6.02. The average molecular weight is 328 g/mol. The standard InChI is InChI=1S/C17H20N4O3/c1-22-16-7-15(19-12-20-16)21-10-17(11-21)13(4-6-24-17)9-23-14-3-2-5-18-8-14/h2-3,5,7-8,12-13H,4,6,9-11H2,1H3. The Kier molecular flexibility index (Phi) is 3.93. The molecule has 1 unspecified atom stereocenters. The first-order chi connectivity index (χ1) is 11.8. The highest BCUT2D eigenvalue weighted by molar-refractivity contribution is 5.46. The van der Waals surface area contributed by atoms with Crippen LogP contribution in [0, 0.1) is 5.92 Å². The van der Waals surface area contributed by atoms with Crippen LogP contribution in [0.5, 0.6) is 11.6 Å². The first-order valence-electron chi connectivity index (χ1n) is 8.07. The first kappa shape index (κ1) is 15.1. The molecule has 4 rings (SSSR count). The summed E-state index contributed by atoms with van der Waals surface area (Å²) in [4.78, 5) is 14.6. The maximum Gasteiger partial charge on any atom is 0.218 e. The fourth-order valence-corrected chi connectivity index (χ4v) is 3.38. The van der Waals surface area contributed by atoms with E-state index in [9.17, 15) is 0 Å². The van der Waals surface area contributed by atoms with Crippen molar-refractivity contribution in [2.24, 2.45) is 5.92 Å². The second kappa shape index (κ2) is 6.24. The molecule has 2 aliphatic heterocycles. The molecule has 7 heteroatoms. The van der Waals surface area contributed by atoms with Crippen molar-refractivity contribution in [3.05, 3.63) is 36.9 Å². The van der Waals surface area contributed by atoms with Gasteiger partial charge in [0.2, 0.25) is 5.88 Å². The van der Waals surface area contributed by atoms with Crippen LogP contribution in [0.4, 0.5) is 5.82 Å². The summed E-state index contributed by atoms with van der Waals surface area (Å²) in [6.45, 7) is 3.05. The summed E-state index contributed by atoms with van der Waals surface area (Å²) < 4.78 is 17.1. The maximum atomic E-state index is 6.07. The lowest BCUT2D eigenvalue weighted by atomic mass is 9.81. The number of pyridine rings is 1. The Morgan fingerprint density at radius 3 is 3.08 bits per heavy atom. The van der Waals surface area contributed by atoms with Gasteiger partial charge >= 0.3 is 0 Å². The molecule has 0 radical (unpaired) electrons. The number of anilines is 1. The van der Waals surface area contributed by atoms with Crippen molar-refractivity contribution < 1.29 is 14.2 Å². The Hall–Kier alpha value is -2.41. The summed E-state index contributed by atoms with van der Waals surface area (Å²) in [5.74, 6) is 2.62. The lowest BCUT2D eigenvalue weighted by molar-refractivity contribution is -0.0526. The van der Waals surface area contributed by atoms with Gasteiger partial charge in [0.25, 0.3) is 0 Å². The molecule has 24 heavy (non-hydrogen) atoms. The van der Waals surface area contributed by atoms with Crippen LogP contribution >= 0.6 is 0 Å². The van der Waals surface area contributed by atoms with Crippen molar-refractivity contribution in [3.63, 3.8) is 0 Å². The molecule has 1 atom stereocenters. The summed E-state index contributed by atoms with van der Waals surface area (Å²) >= 11 is 0. The van der Waals surface area contributed by atoms with Crippen molar-refractivity contribution in [1.29, 1.82) is 0 Å². The normalized spacial score (nSPS) is 21.5. The molecular weight excluding hydrogens is 308 g/mol. The fraction of sp³-hybridized carbons (Fsp3) is 0.471. The largest absolute Gasteiger partial charge is 0.492 e. The van der Waals surface area contributed by atoms with Crippen molar-refractivity contribution in [1.82, 2.24) is 15.0 Å². The van der Waals surface area contributed by atoms with Crippen molar-refractivity contribution in [3.8, 4) is 11.6 Å². The number of hydrogen-bond acceptors (Lipinski definition) is 7. The number of ether oxygens (including phenoxy) is 3. The van der Waals surface area contributed by atoms with Crippen molar-refractivity contribution in [2.45, 2.75) is 12.0 Å². The van der Waals surface area contributed by atoms with Crippen LogP contribution in [0.3, 0.4) is 0 Å². The van der Waals surface area contributed by atoms with E-state index in [4.69, 9.17) is 14.2 Å². The minimum Gasteiger partial charge on any atom is -0.492 e. The van der Waals surface area contributed by atoms with E-state index in [1.54, 1.807) is 19.5 Å². The molecular formula is C17H20N4O3. The predicted octanol–water partition coefficient (Wildman–Crippen LogP) is 1.55. The van der Waals surface area contributed by atoms with Gasteiger partial charge in [0.05, 0.1) is 33.0 Å². The summed E-state index contributed by atoms with van der Waals surface area (Å²) in [5, 5.41) is 0. The van der Waals surface area contributed by atoms with E-state index in [0.717, 1.165) is 37.7 Å². The third-order valence-electron chi connectivity index (χ3n) is 4.76. The molecule has 2 aromatic rings. The zero-order chi connectivity index (χ0) is 16.4. The molecule has 2 fully saturated rings. The molecule has 0 bridgehead atoms. The molecule has 2 aromatic heterocycles. The number of hydrogen-bond donors (Lipinski definition) is 0. The van der Waals surface area contributed by atoms with E-state index in [1.807, 2.05) is 18.2 Å². The lowest BCUT2D eigenvalue weighted by Crippen LogP contribution is -2.65. The zero-order valence-electron chi connectivity index (χ0n) is 13.6. The van der Waals surface area contributed by atoms with Crippen LogP contribution in [0.25, 0.3) is 0 Å². The smallest absolute Gasteiger partial charge is 0.218 e. The zero-order valence-corrected chi connectivity index (χ0v) is 13.6. The SMILES string of the molecule is COc1cc(N2CC3(C2)OCCC3COc2cccnc2)ncn1. The molecule has 0 aliphatic carbocycles. The molecule has 2 aliphatic rings. The highest BCUT2D eigenvalue weighted by atomic mass is 16.5. The van der Waals surface area contributed by atoms with Gasteiger partial charge in [-0.25, -0.2) is 9.97 Å². The van der Waals surface area contributed by atoms with Crippen LogP contribution in [-0.2, 0) is 4.74 Å². The number of nitrogens with zero attached hydrogens (tertiary/aromatic N) is 4. The third-order valence-corrected chi connectivity index (χ3v) is 4.76. The van der Waals surface area contributed by atoms with Crippen molar-refractivity contribution in [2.75, 3.05) is 38.3 Å². The quantitative estimate of drug-likeness (QED) is 0.825. The minimum absolute atomic E-state index is 0.138. The third kappa shape index (κ3) is 2.75. The van der Waals surface area contributed by atoms with Crippen molar-refractivity contribution >= 4 is 5.82 Å². The molecule has 0 aromatic carbocycles. The monoisotopic (exact) mass is 328 g/mol. The van der Waals surface area contributed by atoms with Crippen LogP contribution in [-0.4, -0.2) is 54.0 Å². The minimum atomic E-state index is -0.138. The second-order valence-corrected chi connectivity index (χ2v) is 6.17. The summed E-state index contributed by atoms with van der Waals surface area (Å²) in [6, 6.07) is 5.66.